The molecule has 1 unspecified atom stereocenters. The minimum atomic E-state index is -0.0744. The lowest BCUT2D eigenvalue weighted by molar-refractivity contribution is 0.445. The molecule has 0 aliphatic carbocycles. The molecular formula is C14H17N3O2. The third-order valence-corrected chi connectivity index (χ3v) is 3.71. The molecular weight excluding hydrogens is 242 g/mol. The highest BCUT2D eigenvalue weighted by molar-refractivity contribution is 5.82. The first-order valence-corrected chi connectivity index (χ1v) is 6.67. The van der Waals surface area contributed by atoms with Crippen LogP contribution in [0.5, 0.6) is 5.75 Å². The molecule has 0 amide bonds. The van der Waals surface area contributed by atoms with Gasteiger partial charge in [0.25, 0.3) is 5.56 Å². The average Bonchev–Trinajstić information content (AvgIpc) is 2.69. The fraction of sp³-hybridized carbons (Fsp3) is 0.429. The Morgan fingerprint density at radius 2 is 2.26 bits per heavy atom. The van der Waals surface area contributed by atoms with Gasteiger partial charge >= 0.3 is 0 Å². The van der Waals surface area contributed by atoms with Gasteiger partial charge in [-0.1, -0.05) is 12.5 Å². The van der Waals surface area contributed by atoms with E-state index >= 15 is 0 Å². The first kappa shape index (κ1) is 12.2. The molecule has 1 fully saturated rings. The summed E-state index contributed by atoms with van der Waals surface area (Å²) in [5.74, 6) is 0.0562. The minimum Gasteiger partial charge on any atom is -0.506 e. The molecule has 0 radical (unpaired) electrons. The van der Waals surface area contributed by atoms with Crippen LogP contribution in [0.4, 0.5) is 0 Å². The third kappa shape index (κ3) is 2.21. The Hall–Kier alpha value is -1.88. The van der Waals surface area contributed by atoms with E-state index in [4.69, 9.17) is 0 Å². The number of aromatic hydroxyl groups is 1. The highest BCUT2D eigenvalue weighted by atomic mass is 16.3. The Kier molecular flexibility index (Phi) is 3.21. The lowest BCUT2D eigenvalue weighted by Crippen LogP contribution is -2.31. The summed E-state index contributed by atoms with van der Waals surface area (Å²) in [6.45, 7) is 1.80. The molecule has 19 heavy (non-hydrogen) atoms. The van der Waals surface area contributed by atoms with Crippen LogP contribution in [-0.4, -0.2) is 27.7 Å². The molecule has 5 nitrogen and oxygen atoms in total. The number of para-hydroxylation sites is 1. The summed E-state index contributed by atoms with van der Waals surface area (Å²) in [5, 5.41) is 13.5. The molecule has 1 saturated heterocycles. The van der Waals surface area contributed by atoms with Crippen LogP contribution in [0.15, 0.2) is 29.3 Å². The van der Waals surface area contributed by atoms with Crippen LogP contribution in [0.25, 0.3) is 10.9 Å². The number of aromatic nitrogens is 2. The maximum absolute atomic E-state index is 12.5. The third-order valence-electron chi connectivity index (χ3n) is 3.71. The van der Waals surface area contributed by atoms with Crippen LogP contribution in [-0.2, 0) is 0 Å². The summed E-state index contributed by atoms with van der Waals surface area (Å²) in [4.78, 5) is 16.7. The average molecular weight is 259 g/mol. The van der Waals surface area contributed by atoms with Gasteiger partial charge < -0.3 is 10.4 Å². The largest absolute Gasteiger partial charge is 0.506 e. The zero-order valence-corrected chi connectivity index (χ0v) is 10.7. The molecule has 1 atom stereocenters. The van der Waals surface area contributed by atoms with Crippen LogP contribution < -0.4 is 10.9 Å². The van der Waals surface area contributed by atoms with Crippen molar-refractivity contribution in [2.24, 2.45) is 0 Å². The van der Waals surface area contributed by atoms with E-state index in [9.17, 15) is 9.90 Å². The molecule has 2 heterocycles. The Bertz CT molecular complexity index is 643. The summed E-state index contributed by atoms with van der Waals surface area (Å²) >= 11 is 0. The SMILES string of the molecule is O=c1c2cccc(O)c2ncn1C1CCCCNC1. The molecule has 100 valence electrons. The smallest absolute Gasteiger partial charge is 0.261 e. The number of nitrogens with one attached hydrogen (secondary N) is 1. The zero-order valence-electron chi connectivity index (χ0n) is 10.7. The zero-order chi connectivity index (χ0) is 13.2. The van der Waals surface area contributed by atoms with Gasteiger partial charge in [0, 0.05) is 6.54 Å². The van der Waals surface area contributed by atoms with Gasteiger partial charge in [0.2, 0.25) is 0 Å². The first-order valence-electron chi connectivity index (χ1n) is 6.67. The van der Waals surface area contributed by atoms with Gasteiger partial charge in [0.05, 0.1) is 17.8 Å². The van der Waals surface area contributed by atoms with Crippen molar-refractivity contribution in [1.82, 2.24) is 14.9 Å². The lowest BCUT2D eigenvalue weighted by atomic mass is 10.1. The van der Waals surface area contributed by atoms with Crippen LogP contribution in [0.3, 0.4) is 0 Å². The highest BCUT2D eigenvalue weighted by Gasteiger charge is 2.16. The first-order chi connectivity index (χ1) is 9.27. The molecule has 2 aromatic rings. The Labute approximate surface area is 110 Å². The molecule has 0 saturated carbocycles. The molecule has 1 aliphatic rings. The number of phenolic OH excluding ortho intramolecular Hbond substituents is 1. The molecule has 1 aromatic heterocycles. The van der Waals surface area contributed by atoms with E-state index in [0.29, 0.717) is 10.9 Å². The summed E-state index contributed by atoms with van der Waals surface area (Å²) in [7, 11) is 0. The Balaban J connectivity index is 2.09. The van der Waals surface area contributed by atoms with Crippen molar-refractivity contribution in [3.8, 4) is 5.75 Å². The van der Waals surface area contributed by atoms with Crippen LogP contribution in [0.2, 0.25) is 0 Å². The molecule has 1 aliphatic heterocycles. The minimum absolute atomic E-state index is 0.0562. The van der Waals surface area contributed by atoms with Crippen LogP contribution >= 0.6 is 0 Å². The van der Waals surface area contributed by atoms with Gasteiger partial charge in [-0.25, -0.2) is 4.98 Å². The molecule has 1 aromatic carbocycles. The lowest BCUT2D eigenvalue weighted by Gasteiger charge is -2.17. The van der Waals surface area contributed by atoms with Gasteiger partial charge in [-0.3, -0.25) is 9.36 Å². The fourth-order valence-electron chi connectivity index (χ4n) is 2.65. The monoisotopic (exact) mass is 259 g/mol. The molecule has 3 rings (SSSR count). The molecule has 0 bridgehead atoms. The van der Waals surface area contributed by atoms with Crippen molar-refractivity contribution < 1.29 is 5.11 Å². The fourth-order valence-corrected chi connectivity index (χ4v) is 2.65. The summed E-state index contributed by atoms with van der Waals surface area (Å²) in [6.07, 6.45) is 4.80. The molecule has 0 spiro atoms. The van der Waals surface area contributed by atoms with Crippen molar-refractivity contribution in [3.05, 3.63) is 34.9 Å². The summed E-state index contributed by atoms with van der Waals surface area (Å²) in [6, 6.07) is 5.09. The van der Waals surface area contributed by atoms with E-state index in [-0.39, 0.29) is 17.4 Å². The van der Waals surface area contributed by atoms with E-state index < -0.39 is 0 Å². The maximum atomic E-state index is 12.5. The predicted octanol–water partition coefficient (Wildman–Crippen LogP) is 1.42. The summed E-state index contributed by atoms with van der Waals surface area (Å²) in [5.41, 5.74) is 0.305. The number of nitrogens with zero attached hydrogens (tertiary/aromatic N) is 2. The topological polar surface area (TPSA) is 67.1 Å². The second-order valence-electron chi connectivity index (χ2n) is 4.98. The van der Waals surface area contributed by atoms with Gasteiger partial charge in [-0.15, -0.1) is 0 Å². The van der Waals surface area contributed by atoms with E-state index in [0.717, 1.165) is 32.4 Å². The normalized spacial score (nSPS) is 20.3. The van der Waals surface area contributed by atoms with Crippen LogP contribution in [0, 0.1) is 0 Å². The van der Waals surface area contributed by atoms with Crippen molar-refractivity contribution in [3.63, 3.8) is 0 Å². The van der Waals surface area contributed by atoms with E-state index in [1.54, 1.807) is 29.1 Å². The number of hydrogen-bond acceptors (Lipinski definition) is 4. The van der Waals surface area contributed by atoms with Crippen LogP contribution in [0.1, 0.15) is 25.3 Å². The second kappa shape index (κ2) is 5.01. The number of phenols is 1. The van der Waals surface area contributed by atoms with Gasteiger partial charge in [-0.05, 0) is 31.5 Å². The molecule has 2 N–H and O–H groups in total. The summed E-state index contributed by atoms with van der Waals surface area (Å²) < 4.78 is 1.69. The Morgan fingerprint density at radius 1 is 1.37 bits per heavy atom. The second-order valence-corrected chi connectivity index (χ2v) is 4.98. The number of rotatable bonds is 1. The van der Waals surface area contributed by atoms with Crippen molar-refractivity contribution >= 4 is 10.9 Å². The van der Waals surface area contributed by atoms with E-state index in [1.807, 2.05) is 0 Å². The van der Waals surface area contributed by atoms with Crippen molar-refractivity contribution in [2.45, 2.75) is 25.3 Å². The maximum Gasteiger partial charge on any atom is 0.261 e. The highest BCUT2D eigenvalue weighted by Crippen LogP contribution is 2.21. The van der Waals surface area contributed by atoms with E-state index in [2.05, 4.69) is 10.3 Å². The van der Waals surface area contributed by atoms with Gasteiger partial charge in [-0.2, -0.15) is 0 Å². The number of fused-ring (bicyclic) bond motifs is 1. The standard InChI is InChI=1S/C14H17N3O2/c18-12-6-3-5-11-13(12)16-9-17(14(11)19)10-4-1-2-7-15-8-10/h3,5-6,9-10,15,18H,1-2,4,7-8H2. The molecule has 5 heteroatoms. The number of hydrogen-bond donors (Lipinski definition) is 2. The quantitative estimate of drug-likeness (QED) is 0.812. The van der Waals surface area contributed by atoms with Gasteiger partial charge in [0.1, 0.15) is 11.3 Å². The predicted molar refractivity (Wildman–Crippen MR) is 73.4 cm³/mol. The number of benzene rings is 1. The van der Waals surface area contributed by atoms with Crippen molar-refractivity contribution in [2.75, 3.05) is 13.1 Å². The van der Waals surface area contributed by atoms with Crippen molar-refractivity contribution in [1.29, 1.82) is 0 Å². The van der Waals surface area contributed by atoms with E-state index in [1.165, 1.54) is 0 Å². The van der Waals surface area contributed by atoms with Gasteiger partial charge in [0.15, 0.2) is 0 Å². The Morgan fingerprint density at radius 3 is 3.16 bits per heavy atom.